The standard InChI is InChI=1S/C21H34N6OS.HI/c1-16-25-26-19(27(16)4)14-23-20(22-11-8-12-29-6)24-15-21(2,3)17-9-7-10-18(13-17)28-5;/h7,9-10,13H,8,11-12,14-15H2,1-6H3,(H2,22,23,24);1H. The maximum atomic E-state index is 5.38. The van der Waals surface area contributed by atoms with Crippen molar-refractivity contribution in [1.29, 1.82) is 0 Å². The van der Waals surface area contributed by atoms with E-state index in [0.29, 0.717) is 6.54 Å². The predicted octanol–water partition coefficient (Wildman–Crippen LogP) is 3.52. The van der Waals surface area contributed by atoms with Gasteiger partial charge in [0.25, 0.3) is 0 Å². The number of hydrogen-bond donors (Lipinski definition) is 2. The van der Waals surface area contributed by atoms with Gasteiger partial charge in [-0.1, -0.05) is 26.0 Å². The van der Waals surface area contributed by atoms with Crippen molar-refractivity contribution >= 4 is 41.7 Å². The van der Waals surface area contributed by atoms with Gasteiger partial charge in [0.1, 0.15) is 18.1 Å². The average Bonchev–Trinajstić information content (AvgIpc) is 3.04. The summed E-state index contributed by atoms with van der Waals surface area (Å²) in [5, 5.41) is 15.3. The molecule has 1 aromatic carbocycles. The number of ether oxygens (including phenoxy) is 1. The van der Waals surface area contributed by atoms with E-state index in [0.717, 1.165) is 48.6 Å². The van der Waals surface area contributed by atoms with Crippen LogP contribution in [0.5, 0.6) is 5.75 Å². The summed E-state index contributed by atoms with van der Waals surface area (Å²) in [6, 6.07) is 8.22. The summed E-state index contributed by atoms with van der Waals surface area (Å²) in [7, 11) is 3.66. The van der Waals surface area contributed by atoms with E-state index in [-0.39, 0.29) is 29.4 Å². The molecule has 0 saturated heterocycles. The number of hydrogen-bond acceptors (Lipinski definition) is 5. The van der Waals surface area contributed by atoms with Crippen LogP contribution in [0.1, 0.15) is 37.5 Å². The van der Waals surface area contributed by atoms with Crippen molar-refractivity contribution in [1.82, 2.24) is 25.4 Å². The average molecular weight is 547 g/mol. The van der Waals surface area contributed by atoms with E-state index in [4.69, 9.17) is 9.73 Å². The van der Waals surface area contributed by atoms with Gasteiger partial charge in [-0.25, -0.2) is 4.99 Å². The number of guanidine groups is 1. The smallest absolute Gasteiger partial charge is 0.191 e. The van der Waals surface area contributed by atoms with Crippen molar-refractivity contribution in [3.8, 4) is 5.75 Å². The molecule has 30 heavy (non-hydrogen) atoms. The van der Waals surface area contributed by atoms with Gasteiger partial charge in [0.05, 0.1) is 7.11 Å². The van der Waals surface area contributed by atoms with Crippen LogP contribution in [0.4, 0.5) is 0 Å². The summed E-state index contributed by atoms with van der Waals surface area (Å²) in [5.74, 6) is 4.52. The third-order valence-corrected chi connectivity index (χ3v) is 5.62. The van der Waals surface area contributed by atoms with E-state index in [1.54, 1.807) is 7.11 Å². The zero-order valence-electron chi connectivity index (χ0n) is 18.9. The lowest BCUT2D eigenvalue weighted by molar-refractivity contribution is 0.411. The first-order valence-corrected chi connectivity index (χ1v) is 11.3. The van der Waals surface area contributed by atoms with Gasteiger partial charge in [0, 0.05) is 25.6 Å². The molecule has 0 saturated carbocycles. The number of methoxy groups -OCH3 is 1. The number of aryl methyl sites for hydroxylation is 1. The molecule has 0 aliphatic carbocycles. The van der Waals surface area contributed by atoms with Crippen LogP contribution in [-0.2, 0) is 19.0 Å². The second-order valence-corrected chi connectivity index (χ2v) is 8.62. The van der Waals surface area contributed by atoms with Crippen LogP contribution in [0.15, 0.2) is 29.3 Å². The monoisotopic (exact) mass is 546 g/mol. The molecule has 1 heterocycles. The molecule has 168 valence electrons. The highest BCUT2D eigenvalue weighted by atomic mass is 127. The topological polar surface area (TPSA) is 76.4 Å². The fraction of sp³-hybridized carbons (Fsp3) is 0.571. The lowest BCUT2D eigenvalue weighted by Gasteiger charge is -2.27. The quantitative estimate of drug-likeness (QED) is 0.206. The van der Waals surface area contributed by atoms with Crippen LogP contribution >= 0.6 is 35.7 Å². The van der Waals surface area contributed by atoms with Crippen molar-refractivity contribution in [3.63, 3.8) is 0 Å². The first-order chi connectivity index (χ1) is 13.9. The molecule has 0 bridgehead atoms. The number of rotatable bonds is 10. The highest BCUT2D eigenvalue weighted by molar-refractivity contribution is 14.0. The van der Waals surface area contributed by atoms with Crippen LogP contribution in [0, 0.1) is 6.92 Å². The normalized spacial score (nSPS) is 11.7. The van der Waals surface area contributed by atoms with Gasteiger partial charge >= 0.3 is 0 Å². The van der Waals surface area contributed by atoms with Crippen molar-refractivity contribution < 1.29 is 4.74 Å². The molecule has 0 spiro atoms. The Balaban J connectivity index is 0.00000450. The summed E-state index contributed by atoms with van der Waals surface area (Å²) >= 11 is 1.85. The van der Waals surface area contributed by atoms with Crippen LogP contribution in [0.25, 0.3) is 0 Å². The van der Waals surface area contributed by atoms with Crippen LogP contribution in [0.3, 0.4) is 0 Å². The van der Waals surface area contributed by atoms with E-state index in [1.165, 1.54) is 5.56 Å². The van der Waals surface area contributed by atoms with Gasteiger partial charge in [-0.15, -0.1) is 34.2 Å². The summed E-state index contributed by atoms with van der Waals surface area (Å²) < 4.78 is 7.35. The lowest BCUT2D eigenvalue weighted by Crippen LogP contribution is -2.44. The van der Waals surface area contributed by atoms with Crippen molar-refractivity contribution in [2.24, 2.45) is 12.0 Å². The van der Waals surface area contributed by atoms with Crippen molar-refractivity contribution in [2.75, 3.05) is 32.2 Å². The molecule has 7 nitrogen and oxygen atoms in total. The minimum Gasteiger partial charge on any atom is -0.497 e. The Kier molecular flexibility index (Phi) is 11.5. The molecule has 2 aromatic rings. The SMILES string of the molecule is COc1cccc(C(C)(C)CNC(=NCc2nnc(C)n2C)NCCCSC)c1.I. The third kappa shape index (κ3) is 7.98. The molecule has 0 atom stereocenters. The summed E-state index contributed by atoms with van der Waals surface area (Å²) in [4.78, 5) is 4.74. The van der Waals surface area contributed by atoms with E-state index in [1.807, 2.05) is 42.4 Å². The molecular weight excluding hydrogens is 511 g/mol. The lowest BCUT2D eigenvalue weighted by atomic mass is 9.84. The minimum atomic E-state index is -0.0857. The number of halogens is 1. The number of aliphatic imine (C=N–C) groups is 1. The molecule has 0 fully saturated rings. The summed E-state index contributed by atoms with van der Waals surface area (Å²) in [6.07, 6.45) is 3.21. The maximum Gasteiger partial charge on any atom is 0.191 e. The molecule has 0 amide bonds. The maximum absolute atomic E-state index is 5.38. The second kappa shape index (κ2) is 13.0. The number of benzene rings is 1. The number of nitrogens with one attached hydrogen (secondary N) is 2. The third-order valence-electron chi connectivity index (χ3n) is 4.93. The van der Waals surface area contributed by atoms with Crippen molar-refractivity contribution in [2.45, 2.75) is 39.2 Å². The summed E-state index contributed by atoms with van der Waals surface area (Å²) in [6.45, 7) is 8.47. The Morgan fingerprint density at radius 2 is 2.03 bits per heavy atom. The highest BCUT2D eigenvalue weighted by Crippen LogP contribution is 2.25. The Labute approximate surface area is 201 Å². The van der Waals surface area contributed by atoms with Crippen LogP contribution in [0.2, 0.25) is 0 Å². The van der Waals surface area contributed by atoms with Crippen LogP contribution < -0.4 is 15.4 Å². The molecule has 0 unspecified atom stereocenters. The largest absolute Gasteiger partial charge is 0.497 e. The molecule has 0 aliphatic heterocycles. The Morgan fingerprint density at radius 1 is 1.27 bits per heavy atom. The first-order valence-electron chi connectivity index (χ1n) is 9.88. The van der Waals surface area contributed by atoms with Gasteiger partial charge in [-0.05, 0) is 43.0 Å². The van der Waals surface area contributed by atoms with Gasteiger partial charge in [0.15, 0.2) is 11.8 Å². The van der Waals surface area contributed by atoms with E-state index in [2.05, 4.69) is 53.1 Å². The van der Waals surface area contributed by atoms with E-state index < -0.39 is 0 Å². The van der Waals surface area contributed by atoms with Gasteiger partial charge in [-0.2, -0.15) is 11.8 Å². The first kappa shape index (κ1) is 26.5. The molecule has 2 N–H and O–H groups in total. The predicted molar refractivity (Wildman–Crippen MR) is 137 cm³/mol. The fourth-order valence-corrected chi connectivity index (χ4v) is 3.22. The van der Waals surface area contributed by atoms with Gasteiger partial charge in [0.2, 0.25) is 0 Å². The van der Waals surface area contributed by atoms with E-state index in [9.17, 15) is 0 Å². The van der Waals surface area contributed by atoms with Crippen LogP contribution in [-0.4, -0.2) is 52.9 Å². The Bertz CT molecular complexity index is 809. The van der Waals surface area contributed by atoms with E-state index >= 15 is 0 Å². The zero-order chi connectivity index (χ0) is 21.3. The molecular formula is C21H35IN6OS. The molecule has 9 heteroatoms. The summed E-state index contributed by atoms with van der Waals surface area (Å²) in [5.41, 5.74) is 1.13. The molecule has 0 radical (unpaired) electrons. The van der Waals surface area contributed by atoms with Crippen molar-refractivity contribution in [3.05, 3.63) is 41.5 Å². The number of aromatic nitrogens is 3. The Hall–Kier alpha value is -1.49. The Morgan fingerprint density at radius 3 is 2.67 bits per heavy atom. The molecule has 1 aromatic heterocycles. The molecule has 2 rings (SSSR count). The number of nitrogens with zero attached hydrogens (tertiary/aromatic N) is 4. The second-order valence-electron chi connectivity index (χ2n) is 7.63. The van der Waals surface area contributed by atoms with Gasteiger partial charge < -0.3 is 19.9 Å². The zero-order valence-corrected chi connectivity index (χ0v) is 22.0. The minimum absolute atomic E-state index is 0. The van der Waals surface area contributed by atoms with Gasteiger partial charge in [-0.3, -0.25) is 0 Å². The molecule has 0 aliphatic rings. The highest BCUT2D eigenvalue weighted by Gasteiger charge is 2.21. The fourth-order valence-electron chi connectivity index (χ4n) is 2.79. The number of thioether (sulfide) groups is 1.